The van der Waals surface area contributed by atoms with Gasteiger partial charge in [0.05, 0.1) is 6.26 Å². The Morgan fingerprint density at radius 2 is 2.14 bits per heavy atom. The predicted octanol–water partition coefficient (Wildman–Crippen LogP) is 2.14. The van der Waals surface area contributed by atoms with Gasteiger partial charge in [0.1, 0.15) is 0 Å². The maximum Gasteiger partial charge on any atom is 0.208 e. The normalized spacial score (nSPS) is 20.6. The summed E-state index contributed by atoms with van der Waals surface area (Å²) in [7, 11) is -3.09. The zero-order valence-electron chi connectivity index (χ0n) is 12.4. The van der Waals surface area contributed by atoms with Gasteiger partial charge < -0.3 is 4.90 Å². The van der Waals surface area contributed by atoms with E-state index in [9.17, 15) is 8.42 Å². The van der Waals surface area contributed by atoms with Crippen molar-refractivity contribution in [3.8, 4) is 0 Å². The van der Waals surface area contributed by atoms with Crippen molar-refractivity contribution in [1.82, 2.24) is 9.62 Å². The molecule has 118 valence electrons. The molecule has 0 aliphatic carbocycles. The number of likely N-dealkylation sites (tertiary alicyclic amines) is 1. The Kier molecular flexibility index (Phi) is 6.05. The van der Waals surface area contributed by atoms with Crippen molar-refractivity contribution >= 4 is 21.6 Å². The molecule has 0 spiro atoms. The number of hydrogen-bond acceptors (Lipinski definition) is 3. The van der Waals surface area contributed by atoms with E-state index in [1.165, 1.54) is 11.8 Å². The van der Waals surface area contributed by atoms with Crippen molar-refractivity contribution in [3.63, 3.8) is 0 Å². The molecule has 2 rings (SSSR count). The van der Waals surface area contributed by atoms with Crippen molar-refractivity contribution in [2.24, 2.45) is 5.92 Å². The fourth-order valence-corrected chi connectivity index (χ4v) is 3.54. The first-order valence-corrected chi connectivity index (χ1v) is 9.61. The molecule has 21 heavy (non-hydrogen) atoms. The molecule has 1 aromatic carbocycles. The minimum Gasteiger partial charge on any atom is -0.303 e. The van der Waals surface area contributed by atoms with Gasteiger partial charge in [0.25, 0.3) is 0 Å². The van der Waals surface area contributed by atoms with E-state index in [2.05, 4.69) is 15.7 Å². The van der Waals surface area contributed by atoms with Crippen LogP contribution in [0, 0.1) is 5.92 Å². The Labute approximate surface area is 132 Å². The number of nitrogens with zero attached hydrogens (tertiary/aromatic N) is 1. The molecule has 1 fully saturated rings. The molecule has 1 saturated heterocycles. The average molecular weight is 331 g/mol. The van der Waals surface area contributed by atoms with Crippen LogP contribution < -0.4 is 4.72 Å². The van der Waals surface area contributed by atoms with Gasteiger partial charge in [-0.1, -0.05) is 29.8 Å². The molecular weight excluding hydrogens is 308 g/mol. The third kappa shape index (κ3) is 5.94. The highest BCUT2D eigenvalue weighted by Crippen LogP contribution is 2.19. The number of benzene rings is 1. The van der Waals surface area contributed by atoms with Gasteiger partial charge in [-0.05, 0) is 43.4 Å². The Morgan fingerprint density at radius 1 is 1.38 bits per heavy atom. The van der Waals surface area contributed by atoms with Crippen LogP contribution in [0.4, 0.5) is 0 Å². The largest absolute Gasteiger partial charge is 0.303 e. The second kappa shape index (κ2) is 7.58. The van der Waals surface area contributed by atoms with Crippen LogP contribution >= 0.6 is 11.6 Å². The molecule has 1 aliphatic rings. The fraction of sp³-hybridized carbons (Fsp3) is 0.600. The third-order valence-corrected chi connectivity index (χ3v) is 4.95. The number of hydrogen-bond donors (Lipinski definition) is 1. The summed E-state index contributed by atoms with van der Waals surface area (Å²) in [6.07, 6.45) is 4.36. The zero-order valence-corrected chi connectivity index (χ0v) is 14.0. The first kappa shape index (κ1) is 16.7. The molecule has 0 bridgehead atoms. The highest BCUT2D eigenvalue weighted by atomic mass is 35.5. The topological polar surface area (TPSA) is 49.4 Å². The second-order valence-corrected chi connectivity index (χ2v) is 8.01. The molecule has 1 aromatic rings. The maximum absolute atomic E-state index is 11.2. The number of nitrogens with one attached hydrogen (secondary N) is 1. The van der Waals surface area contributed by atoms with Crippen molar-refractivity contribution < 1.29 is 8.42 Å². The highest BCUT2D eigenvalue weighted by Gasteiger charge is 2.20. The van der Waals surface area contributed by atoms with Crippen molar-refractivity contribution in [3.05, 3.63) is 34.9 Å². The van der Waals surface area contributed by atoms with Gasteiger partial charge in [-0.2, -0.15) is 0 Å². The number of piperidine rings is 1. The van der Waals surface area contributed by atoms with E-state index in [-0.39, 0.29) is 0 Å². The predicted molar refractivity (Wildman–Crippen MR) is 87.2 cm³/mol. The van der Waals surface area contributed by atoms with E-state index in [0.717, 1.165) is 43.9 Å². The quantitative estimate of drug-likeness (QED) is 0.869. The summed E-state index contributed by atoms with van der Waals surface area (Å²) in [5.74, 6) is 0.403. The Balaban J connectivity index is 1.80. The van der Waals surface area contributed by atoms with E-state index in [1.54, 1.807) is 0 Å². The lowest BCUT2D eigenvalue weighted by Crippen LogP contribution is -2.41. The summed E-state index contributed by atoms with van der Waals surface area (Å²) < 4.78 is 24.9. The summed E-state index contributed by atoms with van der Waals surface area (Å²) >= 11 is 6.18. The summed E-state index contributed by atoms with van der Waals surface area (Å²) in [5.41, 5.74) is 1.18. The zero-order chi connectivity index (χ0) is 15.3. The third-order valence-electron chi connectivity index (χ3n) is 3.89. The van der Waals surface area contributed by atoms with Gasteiger partial charge in [0, 0.05) is 24.7 Å². The van der Waals surface area contributed by atoms with Crippen LogP contribution in [0.5, 0.6) is 0 Å². The molecule has 1 aliphatic heterocycles. The molecule has 0 saturated carbocycles. The molecule has 1 atom stereocenters. The lowest BCUT2D eigenvalue weighted by molar-refractivity contribution is 0.178. The summed E-state index contributed by atoms with van der Waals surface area (Å²) in [5, 5.41) is 0.824. The number of halogens is 1. The van der Waals surface area contributed by atoms with E-state index >= 15 is 0 Å². The summed E-state index contributed by atoms with van der Waals surface area (Å²) in [4.78, 5) is 2.40. The van der Waals surface area contributed by atoms with Gasteiger partial charge in [-0.25, -0.2) is 13.1 Å². The van der Waals surface area contributed by atoms with E-state index in [0.29, 0.717) is 12.5 Å². The van der Waals surface area contributed by atoms with Crippen molar-refractivity contribution in [2.75, 3.05) is 32.4 Å². The van der Waals surface area contributed by atoms with Crippen LogP contribution in [0.3, 0.4) is 0 Å². The Bertz CT molecular complexity index is 563. The van der Waals surface area contributed by atoms with Gasteiger partial charge in [-0.3, -0.25) is 0 Å². The minimum atomic E-state index is -3.09. The van der Waals surface area contributed by atoms with E-state index < -0.39 is 10.0 Å². The maximum atomic E-state index is 11.2. The Morgan fingerprint density at radius 3 is 2.86 bits per heavy atom. The van der Waals surface area contributed by atoms with Gasteiger partial charge in [0.15, 0.2) is 0 Å². The van der Waals surface area contributed by atoms with Crippen LogP contribution in [0.2, 0.25) is 5.02 Å². The van der Waals surface area contributed by atoms with Crippen LogP contribution in [-0.2, 0) is 16.4 Å². The van der Waals surface area contributed by atoms with Crippen LogP contribution in [0.1, 0.15) is 18.4 Å². The molecule has 1 unspecified atom stereocenters. The number of sulfonamides is 1. The molecule has 1 N–H and O–H groups in total. The first-order chi connectivity index (χ1) is 9.94. The molecule has 4 nitrogen and oxygen atoms in total. The van der Waals surface area contributed by atoms with Gasteiger partial charge in [-0.15, -0.1) is 0 Å². The van der Waals surface area contributed by atoms with Gasteiger partial charge >= 0.3 is 0 Å². The van der Waals surface area contributed by atoms with E-state index in [4.69, 9.17) is 11.6 Å². The minimum absolute atomic E-state index is 0.403. The molecule has 0 aromatic heterocycles. The number of rotatable bonds is 6. The SMILES string of the molecule is CS(=O)(=O)NCC1CCCN(CCc2ccccc2Cl)C1. The lowest BCUT2D eigenvalue weighted by atomic mass is 9.98. The van der Waals surface area contributed by atoms with Crippen molar-refractivity contribution in [2.45, 2.75) is 19.3 Å². The van der Waals surface area contributed by atoms with E-state index in [1.807, 2.05) is 18.2 Å². The average Bonchev–Trinajstić information content (AvgIpc) is 2.44. The monoisotopic (exact) mass is 330 g/mol. The molecule has 0 amide bonds. The smallest absolute Gasteiger partial charge is 0.208 e. The Hall–Kier alpha value is -0.620. The van der Waals surface area contributed by atoms with Crippen LogP contribution in [-0.4, -0.2) is 45.8 Å². The molecule has 0 radical (unpaired) electrons. The molecule has 6 heteroatoms. The van der Waals surface area contributed by atoms with Gasteiger partial charge in [0.2, 0.25) is 10.0 Å². The lowest BCUT2D eigenvalue weighted by Gasteiger charge is -2.32. The van der Waals surface area contributed by atoms with Crippen LogP contribution in [0.25, 0.3) is 0 Å². The van der Waals surface area contributed by atoms with Crippen LogP contribution in [0.15, 0.2) is 24.3 Å². The second-order valence-electron chi connectivity index (χ2n) is 5.77. The van der Waals surface area contributed by atoms with Crippen molar-refractivity contribution in [1.29, 1.82) is 0 Å². The molecular formula is C15H23ClN2O2S. The molecule has 1 heterocycles. The standard InChI is InChI=1S/C15H23ClN2O2S/c1-21(19,20)17-11-13-5-4-9-18(12-13)10-8-14-6-2-3-7-15(14)16/h2-3,6-7,13,17H,4-5,8-12H2,1H3. The fourth-order valence-electron chi connectivity index (χ4n) is 2.77. The summed E-state index contributed by atoms with van der Waals surface area (Å²) in [6, 6.07) is 7.94. The highest BCUT2D eigenvalue weighted by molar-refractivity contribution is 7.88. The summed E-state index contributed by atoms with van der Waals surface area (Å²) in [6.45, 7) is 3.55. The first-order valence-electron chi connectivity index (χ1n) is 7.34.